The third-order valence-corrected chi connectivity index (χ3v) is 5.43. The third kappa shape index (κ3) is 2.80. The van der Waals surface area contributed by atoms with Crippen molar-refractivity contribution in [3.63, 3.8) is 0 Å². The zero-order chi connectivity index (χ0) is 16.6. The maximum atomic E-state index is 14.1. The van der Waals surface area contributed by atoms with Gasteiger partial charge in [-0.05, 0) is 31.4 Å². The summed E-state index contributed by atoms with van der Waals surface area (Å²) in [6.45, 7) is 1.84. The van der Waals surface area contributed by atoms with Crippen molar-refractivity contribution in [1.29, 1.82) is 0 Å². The van der Waals surface area contributed by atoms with E-state index in [2.05, 4.69) is 4.90 Å². The van der Waals surface area contributed by atoms with Gasteiger partial charge in [0.2, 0.25) is 5.91 Å². The first-order valence-corrected chi connectivity index (χ1v) is 7.97. The lowest BCUT2D eigenvalue weighted by Crippen LogP contribution is -2.51. The molecule has 0 aromatic heterocycles. The van der Waals surface area contributed by atoms with E-state index in [0.717, 1.165) is 38.4 Å². The summed E-state index contributed by atoms with van der Waals surface area (Å²) in [6, 6.07) is 2.55. The molecule has 0 aliphatic carbocycles. The fourth-order valence-corrected chi connectivity index (χ4v) is 3.79. The second-order valence-corrected chi connectivity index (χ2v) is 6.50. The molecule has 23 heavy (non-hydrogen) atoms. The van der Waals surface area contributed by atoms with Gasteiger partial charge in [-0.15, -0.1) is 0 Å². The number of nitrogens with zero attached hydrogens (tertiary/aromatic N) is 2. The van der Waals surface area contributed by atoms with Crippen molar-refractivity contribution in [1.82, 2.24) is 9.80 Å². The number of carbonyl (C=O) groups is 1. The third-order valence-electron chi connectivity index (χ3n) is 5.43. The fourth-order valence-electron chi connectivity index (χ4n) is 3.79. The van der Waals surface area contributed by atoms with Crippen LogP contribution in [0.15, 0.2) is 12.1 Å². The molecule has 2 fully saturated rings. The van der Waals surface area contributed by atoms with Gasteiger partial charge >= 0.3 is 0 Å². The number of carbonyl (C=O) groups excluding carboxylic acids is 1. The molecule has 0 bridgehead atoms. The van der Waals surface area contributed by atoms with E-state index >= 15 is 0 Å². The van der Waals surface area contributed by atoms with Crippen LogP contribution in [0.1, 0.15) is 31.2 Å². The van der Waals surface area contributed by atoms with Crippen LogP contribution in [0.3, 0.4) is 0 Å². The molecule has 4 nitrogen and oxygen atoms in total. The topological polar surface area (TPSA) is 32.8 Å². The van der Waals surface area contributed by atoms with Gasteiger partial charge in [-0.25, -0.2) is 8.78 Å². The SMILES string of the molecule is COc1ccc(F)c(F)c1CN1CCC2(CCC(=O)N2C)CC1. The molecule has 0 N–H and O–H groups in total. The molecule has 126 valence electrons. The summed E-state index contributed by atoms with van der Waals surface area (Å²) in [6.07, 6.45) is 3.25. The molecule has 1 amide bonds. The lowest BCUT2D eigenvalue weighted by molar-refractivity contribution is -0.130. The Bertz CT molecular complexity index is 613. The van der Waals surface area contributed by atoms with Gasteiger partial charge in [0.15, 0.2) is 11.6 Å². The number of rotatable bonds is 3. The van der Waals surface area contributed by atoms with Crippen molar-refractivity contribution in [2.75, 3.05) is 27.2 Å². The second kappa shape index (κ2) is 6.07. The zero-order valence-electron chi connectivity index (χ0n) is 13.6. The highest BCUT2D eigenvalue weighted by molar-refractivity contribution is 5.79. The van der Waals surface area contributed by atoms with E-state index in [0.29, 0.717) is 18.7 Å². The van der Waals surface area contributed by atoms with E-state index in [-0.39, 0.29) is 17.0 Å². The molecule has 0 atom stereocenters. The average Bonchev–Trinajstić information content (AvgIpc) is 2.83. The van der Waals surface area contributed by atoms with Gasteiger partial charge in [0.05, 0.1) is 7.11 Å². The molecular formula is C17H22F2N2O2. The van der Waals surface area contributed by atoms with E-state index in [4.69, 9.17) is 4.74 Å². The Morgan fingerprint density at radius 3 is 2.48 bits per heavy atom. The van der Waals surface area contributed by atoms with Crippen molar-refractivity contribution in [3.05, 3.63) is 29.3 Å². The monoisotopic (exact) mass is 324 g/mol. The lowest BCUT2D eigenvalue weighted by atomic mass is 9.85. The maximum Gasteiger partial charge on any atom is 0.222 e. The predicted molar refractivity (Wildman–Crippen MR) is 82.2 cm³/mol. The Hall–Kier alpha value is -1.69. The van der Waals surface area contributed by atoms with Crippen LogP contribution < -0.4 is 4.74 Å². The Balaban J connectivity index is 1.70. The van der Waals surface area contributed by atoms with Gasteiger partial charge in [0.1, 0.15) is 5.75 Å². The van der Waals surface area contributed by atoms with Crippen LogP contribution in [0.4, 0.5) is 8.78 Å². The first-order chi connectivity index (χ1) is 11.0. The number of piperidine rings is 1. The average molecular weight is 324 g/mol. The van der Waals surface area contributed by atoms with Crippen molar-refractivity contribution >= 4 is 5.91 Å². The molecule has 0 saturated carbocycles. The molecule has 3 rings (SSSR count). The van der Waals surface area contributed by atoms with E-state index in [9.17, 15) is 13.6 Å². The fraction of sp³-hybridized carbons (Fsp3) is 0.588. The minimum Gasteiger partial charge on any atom is -0.496 e. The number of halogens is 2. The highest BCUT2D eigenvalue weighted by Crippen LogP contribution is 2.38. The van der Waals surface area contributed by atoms with Crippen molar-refractivity contribution in [2.45, 2.75) is 37.8 Å². The minimum absolute atomic E-state index is 0.0435. The predicted octanol–water partition coefficient (Wildman–Crippen LogP) is 2.56. The molecule has 2 aliphatic heterocycles. The number of likely N-dealkylation sites (tertiary alicyclic amines) is 2. The molecular weight excluding hydrogens is 302 g/mol. The standard InChI is InChI=1S/C17H22F2N2O2/c1-20-15(22)5-6-17(20)7-9-21(10-8-17)11-12-14(23-2)4-3-13(18)16(12)19/h3-4H,5-11H2,1-2H3. The molecule has 1 aromatic rings. The maximum absolute atomic E-state index is 14.1. The summed E-state index contributed by atoms with van der Waals surface area (Å²) < 4.78 is 32.7. The van der Waals surface area contributed by atoms with Gasteiger partial charge in [0, 0.05) is 44.2 Å². The van der Waals surface area contributed by atoms with Crippen LogP contribution >= 0.6 is 0 Å². The number of hydrogen-bond donors (Lipinski definition) is 0. The van der Waals surface area contributed by atoms with Crippen LogP contribution in [0.5, 0.6) is 5.75 Å². The molecule has 2 saturated heterocycles. The van der Waals surface area contributed by atoms with Crippen LogP contribution in [0.2, 0.25) is 0 Å². The van der Waals surface area contributed by atoms with Crippen LogP contribution in [-0.4, -0.2) is 48.5 Å². The molecule has 6 heteroatoms. The summed E-state index contributed by atoms with van der Waals surface area (Å²) >= 11 is 0. The lowest BCUT2D eigenvalue weighted by Gasteiger charge is -2.43. The van der Waals surface area contributed by atoms with E-state index in [1.54, 1.807) is 0 Å². The van der Waals surface area contributed by atoms with Gasteiger partial charge in [-0.1, -0.05) is 0 Å². The number of ether oxygens (including phenoxy) is 1. The first kappa shape index (κ1) is 16.2. The molecule has 1 aromatic carbocycles. The van der Waals surface area contributed by atoms with Crippen molar-refractivity contribution in [2.24, 2.45) is 0 Å². The van der Waals surface area contributed by atoms with E-state index in [1.165, 1.54) is 13.2 Å². The normalized spacial score (nSPS) is 21.2. The first-order valence-electron chi connectivity index (χ1n) is 7.97. The molecule has 2 heterocycles. The number of hydrogen-bond acceptors (Lipinski definition) is 3. The van der Waals surface area contributed by atoms with Gasteiger partial charge in [0.25, 0.3) is 0 Å². The number of benzene rings is 1. The Morgan fingerprint density at radius 2 is 1.91 bits per heavy atom. The van der Waals surface area contributed by atoms with E-state index < -0.39 is 11.6 Å². The Morgan fingerprint density at radius 1 is 1.22 bits per heavy atom. The highest BCUT2D eigenvalue weighted by atomic mass is 19.2. The summed E-state index contributed by atoms with van der Waals surface area (Å²) in [5, 5.41) is 0. The van der Waals surface area contributed by atoms with Crippen molar-refractivity contribution in [3.8, 4) is 5.75 Å². The van der Waals surface area contributed by atoms with E-state index in [1.807, 2.05) is 11.9 Å². The number of amides is 1. The Kier molecular flexibility index (Phi) is 4.27. The summed E-state index contributed by atoms with van der Waals surface area (Å²) in [7, 11) is 3.33. The van der Waals surface area contributed by atoms with Gasteiger partial charge in [-0.2, -0.15) is 0 Å². The second-order valence-electron chi connectivity index (χ2n) is 6.50. The quantitative estimate of drug-likeness (QED) is 0.857. The van der Waals surface area contributed by atoms with Crippen LogP contribution in [-0.2, 0) is 11.3 Å². The minimum atomic E-state index is -0.851. The zero-order valence-corrected chi connectivity index (χ0v) is 13.6. The number of methoxy groups -OCH3 is 1. The van der Waals surface area contributed by atoms with Gasteiger partial charge < -0.3 is 9.64 Å². The van der Waals surface area contributed by atoms with Gasteiger partial charge in [-0.3, -0.25) is 9.69 Å². The molecule has 1 spiro atoms. The highest BCUT2D eigenvalue weighted by Gasteiger charge is 2.44. The smallest absolute Gasteiger partial charge is 0.222 e. The van der Waals surface area contributed by atoms with Crippen LogP contribution in [0.25, 0.3) is 0 Å². The summed E-state index contributed by atoms with van der Waals surface area (Å²) in [5.74, 6) is -1.11. The Labute approximate surface area is 135 Å². The molecule has 2 aliphatic rings. The summed E-state index contributed by atoms with van der Waals surface area (Å²) in [5.41, 5.74) is 0.220. The molecule has 0 unspecified atom stereocenters. The summed E-state index contributed by atoms with van der Waals surface area (Å²) in [4.78, 5) is 15.8. The largest absolute Gasteiger partial charge is 0.496 e. The van der Waals surface area contributed by atoms with Crippen molar-refractivity contribution < 1.29 is 18.3 Å². The van der Waals surface area contributed by atoms with Crippen LogP contribution in [0, 0.1) is 11.6 Å². The molecule has 0 radical (unpaired) electrons.